The fourth-order valence-electron chi connectivity index (χ4n) is 2.50. The number of fused-ring (bicyclic) bond motifs is 2. The molecule has 13 heavy (non-hydrogen) atoms. The summed E-state index contributed by atoms with van der Waals surface area (Å²) in [7, 11) is 0. The lowest BCUT2D eigenvalue weighted by molar-refractivity contribution is -0.134. The molecule has 0 aromatic carbocycles. The summed E-state index contributed by atoms with van der Waals surface area (Å²) in [6.07, 6.45) is 3.77. The number of hydrogen-bond donors (Lipinski definition) is 1. The molecule has 0 radical (unpaired) electrons. The number of carbonyl (C=O) groups excluding carboxylic acids is 1. The molecular formula is C10H17NO2. The predicted octanol–water partition coefficient (Wildman–Crippen LogP) is 0.768. The van der Waals surface area contributed by atoms with Crippen molar-refractivity contribution in [3.63, 3.8) is 0 Å². The zero-order valence-electron chi connectivity index (χ0n) is 8.07. The minimum absolute atomic E-state index is 0.285. The first-order valence-electron chi connectivity index (χ1n) is 5.17. The van der Waals surface area contributed by atoms with Crippen molar-refractivity contribution in [3.8, 4) is 0 Å². The van der Waals surface area contributed by atoms with Gasteiger partial charge in [0.25, 0.3) is 0 Å². The van der Waals surface area contributed by atoms with Crippen LogP contribution >= 0.6 is 0 Å². The van der Waals surface area contributed by atoms with Gasteiger partial charge in [-0.05, 0) is 32.6 Å². The topological polar surface area (TPSA) is 40.5 Å². The fraction of sp³-hybridized carbons (Fsp3) is 0.900. The van der Waals surface area contributed by atoms with E-state index in [0.29, 0.717) is 17.9 Å². The van der Waals surface area contributed by atoms with Crippen molar-refractivity contribution in [2.75, 3.05) is 6.54 Å². The van der Waals surface area contributed by atoms with Crippen LogP contribution in [0.25, 0.3) is 0 Å². The van der Waals surface area contributed by atoms with Crippen LogP contribution in [-0.2, 0) is 4.79 Å². The Labute approximate surface area is 78.7 Å². The summed E-state index contributed by atoms with van der Waals surface area (Å²) in [5.74, 6) is 0.649. The quantitative estimate of drug-likeness (QED) is 0.702. The zero-order valence-corrected chi connectivity index (χ0v) is 8.07. The van der Waals surface area contributed by atoms with E-state index in [-0.39, 0.29) is 6.10 Å². The molecule has 3 atom stereocenters. The SMILES string of the molecule is CC(O)CCN1C(=O)C2CCC1C2. The Morgan fingerprint density at radius 2 is 2.38 bits per heavy atom. The van der Waals surface area contributed by atoms with Crippen molar-refractivity contribution in [3.05, 3.63) is 0 Å². The van der Waals surface area contributed by atoms with E-state index in [4.69, 9.17) is 5.11 Å². The molecule has 1 aliphatic heterocycles. The number of rotatable bonds is 3. The maximum Gasteiger partial charge on any atom is 0.226 e. The molecule has 2 rings (SSSR count). The van der Waals surface area contributed by atoms with Gasteiger partial charge in [0, 0.05) is 18.5 Å². The maximum absolute atomic E-state index is 11.6. The van der Waals surface area contributed by atoms with E-state index in [1.807, 2.05) is 4.90 Å². The first-order chi connectivity index (χ1) is 6.18. The van der Waals surface area contributed by atoms with Crippen LogP contribution in [0, 0.1) is 5.92 Å². The number of carbonyl (C=O) groups is 1. The minimum Gasteiger partial charge on any atom is -0.393 e. The Balaban J connectivity index is 1.89. The van der Waals surface area contributed by atoms with Gasteiger partial charge in [0.2, 0.25) is 5.91 Å². The van der Waals surface area contributed by atoms with Crippen molar-refractivity contribution >= 4 is 5.91 Å². The number of nitrogens with zero attached hydrogens (tertiary/aromatic N) is 1. The molecule has 1 aliphatic carbocycles. The second-order valence-electron chi connectivity index (χ2n) is 4.33. The lowest BCUT2D eigenvalue weighted by atomic mass is 10.1. The van der Waals surface area contributed by atoms with Gasteiger partial charge in [0.1, 0.15) is 0 Å². The highest BCUT2D eigenvalue weighted by molar-refractivity contribution is 5.82. The molecule has 0 aromatic rings. The van der Waals surface area contributed by atoms with Gasteiger partial charge in [-0.2, -0.15) is 0 Å². The molecule has 2 bridgehead atoms. The number of piperidine rings is 1. The van der Waals surface area contributed by atoms with E-state index in [2.05, 4.69) is 0 Å². The van der Waals surface area contributed by atoms with Crippen LogP contribution in [0.4, 0.5) is 0 Å². The summed E-state index contributed by atoms with van der Waals surface area (Å²) in [6, 6.07) is 0.497. The van der Waals surface area contributed by atoms with E-state index in [1.54, 1.807) is 6.92 Å². The minimum atomic E-state index is -0.285. The molecule has 1 saturated carbocycles. The lowest BCUT2D eigenvalue weighted by Gasteiger charge is -2.27. The molecule has 0 aromatic heterocycles. The van der Waals surface area contributed by atoms with Crippen LogP contribution in [0.1, 0.15) is 32.6 Å². The number of aliphatic hydroxyl groups is 1. The fourth-order valence-corrected chi connectivity index (χ4v) is 2.50. The summed E-state index contributed by atoms with van der Waals surface area (Å²) >= 11 is 0. The average Bonchev–Trinajstić information content (AvgIpc) is 2.61. The molecule has 3 unspecified atom stereocenters. The van der Waals surface area contributed by atoms with Gasteiger partial charge in [0.05, 0.1) is 6.10 Å². The van der Waals surface area contributed by atoms with E-state index in [9.17, 15) is 4.79 Å². The Bertz CT molecular complexity index is 215. The van der Waals surface area contributed by atoms with E-state index >= 15 is 0 Å². The molecule has 1 heterocycles. The zero-order chi connectivity index (χ0) is 9.42. The smallest absolute Gasteiger partial charge is 0.226 e. The van der Waals surface area contributed by atoms with Crippen LogP contribution in [0.15, 0.2) is 0 Å². The van der Waals surface area contributed by atoms with E-state index in [1.165, 1.54) is 6.42 Å². The van der Waals surface area contributed by atoms with Gasteiger partial charge in [0.15, 0.2) is 0 Å². The normalized spacial score (nSPS) is 34.3. The highest BCUT2D eigenvalue weighted by Gasteiger charge is 2.43. The average molecular weight is 183 g/mol. The second kappa shape index (κ2) is 3.29. The monoisotopic (exact) mass is 183 g/mol. The van der Waals surface area contributed by atoms with Gasteiger partial charge >= 0.3 is 0 Å². The van der Waals surface area contributed by atoms with E-state index in [0.717, 1.165) is 25.8 Å². The summed E-state index contributed by atoms with van der Waals surface area (Å²) < 4.78 is 0. The highest BCUT2D eigenvalue weighted by atomic mass is 16.3. The van der Waals surface area contributed by atoms with Gasteiger partial charge in [-0.1, -0.05) is 0 Å². The molecule has 0 spiro atoms. The van der Waals surface area contributed by atoms with Gasteiger partial charge in [-0.3, -0.25) is 4.79 Å². The first-order valence-corrected chi connectivity index (χ1v) is 5.17. The number of amides is 1. The molecule has 3 nitrogen and oxygen atoms in total. The number of aliphatic hydroxyl groups excluding tert-OH is 1. The van der Waals surface area contributed by atoms with Crippen molar-refractivity contribution in [2.24, 2.45) is 5.92 Å². The van der Waals surface area contributed by atoms with Crippen molar-refractivity contribution in [1.29, 1.82) is 0 Å². The third-order valence-corrected chi connectivity index (χ3v) is 3.27. The van der Waals surface area contributed by atoms with Crippen molar-refractivity contribution in [2.45, 2.75) is 44.8 Å². The van der Waals surface area contributed by atoms with Crippen LogP contribution in [0.2, 0.25) is 0 Å². The van der Waals surface area contributed by atoms with Gasteiger partial charge < -0.3 is 10.0 Å². The lowest BCUT2D eigenvalue weighted by Crippen LogP contribution is -2.38. The largest absolute Gasteiger partial charge is 0.393 e. The molecule has 2 fully saturated rings. The third kappa shape index (κ3) is 1.57. The summed E-state index contributed by atoms with van der Waals surface area (Å²) in [6.45, 7) is 2.52. The molecule has 74 valence electrons. The third-order valence-electron chi connectivity index (χ3n) is 3.27. The summed E-state index contributed by atoms with van der Waals surface area (Å²) in [5, 5.41) is 9.13. The number of hydrogen-bond acceptors (Lipinski definition) is 2. The summed E-state index contributed by atoms with van der Waals surface area (Å²) in [5.41, 5.74) is 0. The van der Waals surface area contributed by atoms with Gasteiger partial charge in [-0.25, -0.2) is 0 Å². The van der Waals surface area contributed by atoms with Crippen LogP contribution in [0.3, 0.4) is 0 Å². The predicted molar refractivity (Wildman–Crippen MR) is 49.1 cm³/mol. The molecule has 3 heteroatoms. The Morgan fingerprint density at radius 1 is 1.62 bits per heavy atom. The summed E-state index contributed by atoms with van der Waals surface area (Å²) in [4.78, 5) is 13.6. The Hall–Kier alpha value is -0.570. The van der Waals surface area contributed by atoms with Crippen LogP contribution < -0.4 is 0 Å². The Kier molecular flexibility index (Phi) is 2.28. The van der Waals surface area contributed by atoms with Crippen molar-refractivity contribution in [1.82, 2.24) is 4.90 Å². The first kappa shape index (κ1) is 9.00. The number of likely N-dealkylation sites (tertiary alicyclic amines) is 1. The van der Waals surface area contributed by atoms with Crippen molar-refractivity contribution < 1.29 is 9.90 Å². The van der Waals surface area contributed by atoms with E-state index < -0.39 is 0 Å². The van der Waals surface area contributed by atoms with Gasteiger partial charge in [-0.15, -0.1) is 0 Å². The molecule has 1 amide bonds. The molecule has 2 aliphatic rings. The maximum atomic E-state index is 11.6. The van der Waals surface area contributed by atoms with Crippen LogP contribution in [0.5, 0.6) is 0 Å². The standard InChI is InChI=1S/C10H17NO2/c1-7(12)4-5-11-9-3-2-8(6-9)10(11)13/h7-9,12H,2-6H2,1H3. The van der Waals surface area contributed by atoms with Crippen LogP contribution in [-0.4, -0.2) is 34.6 Å². The second-order valence-corrected chi connectivity index (χ2v) is 4.33. The molecule has 1 N–H and O–H groups in total. The molecular weight excluding hydrogens is 166 g/mol. The Morgan fingerprint density at radius 3 is 2.92 bits per heavy atom. The highest BCUT2D eigenvalue weighted by Crippen LogP contribution is 2.38. The molecule has 1 saturated heterocycles.